The van der Waals surface area contributed by atoms with Crippen molar-refractivity contribution in [1.82, 2.24) is 14.5 Å². The topological polar surface area (TPSA) is 40.9 Å². The predicted octanol–water partition coefficient (Wildman–Crippen LogP) is 4.87. The number of likely N-dealkylation sites (tertiary alicyclic amines) is 1. The van der Waals surface area contributed by atoms with Crippen LogP contribution in [0.1, 0.15) is 38.2 Å². The SMILES string of the molecule is CCC1CCCCN1C(=O)C=Cc1c(-c2cccc(N(C)C)c2)nn2ccccc12. The molecule has 3 aromatic rings. The standard InChI is InChI=1S/C25H30N4O/c1-4-20-11-5-7-16-28(20)24(30)15-14-22-23-13-6-8-17-29(23)26-25(22)19-10-9-12-21(18-19)27(2)3/h6,8-10,12-15,17-18,20H,4-5,7,11,16H2,1-3H3. The molecule has 1 aliphatic heterocycles. The molecule has 5 nitrogen and oxygen atoms in total. The number of anilines is 1. The summed E-state index contributed by atoms with van der Waals surface area (Å²) in [5.74, 6) is 0.102. The largest absolute Gasteiger partial charge is 0.378 e. The monoisotopic (exact) mass is 402 g/mol. The van der Waals surface area contributed by atoms with E-state index in [9.17, 15) is 4.79 Å². The van der Waals surface area contributed by atoms with Crippen LogP contribution in [0.2, 0.25) is 0 Å². The first-order chi connectivity index (χ1) is 14.6. The van der Waals surface area contributed by atoms with Crippen molar-refractivity contribution < 1.29 is 4.79 Å². The molecule has 0 N–H and O–H groups in total. The Morgan fingerprint density at radius 1 is 1.20 bits per heavy atom. The number of rotatable bonds is 5. The average Bonchev–Trinajstić information content (AvgIpc) is 3.16. The number of piperidine rings is 1. The van der Waals surface area contributed by atoms with Gasteiger partial charge in [0.15, 0.2) is 0 Å². The highest BCUT2D eigenvalue weighted by Gasteiger charge is 2.24. The molecule has 30 heavy (non-hydrogen) atoms. The molecule has 0 radical (unpaired) electrons. The molecular formula is C25H30N4O. The number of carbonyl (C=O) groups is 1. The number of aromatic nitrogens is 2. The maximum atomic E-state index is 13.0. The minimum atomic E-state index is 0.102. The molecule has 156 valence electrons. The van der Waals surface area contributed by atoms with E-state index >= 15 is 0 Å². The van der Waals surface area contributed by atoms with Gasteiger partial charge in [0.1, 0.15) is 5.69 Å². The summed E-state index contributed by atoms with van der Waals surface area (Å²) in [6.07, 6.45) is 10.1. The first-order valence-corrected chi connectivity index (χ1v) is 10.8. The number of carbonyl (C=O) groups excluding carboxylic acids is 1. The lowest BCUT2D eigenvalue weighted by molar-refractivity contribution is -0.129. The minimum absolute atomic E-state index is 0.102. The molecule has 3 heterocycles. The van der Waals surface area contributed by atoms with E-state index in [4.69, 9.17) is 5.10 Å². The Kier molecular flexibility index (Phi) is 5.88. The van der Waals surface area contributed by atoms with E-state index in [0.29, 0.717) is 6.04 Å². The van der Waals surface area contributed by atoms with Gasteiger partial charge in [0.2, 0.25) is 5.91 Å². The van der Waals surface area contributed by atoms with Crippen LogP contribution in [0.4, 0.5) is 5.69 Å². The third-order valence-corrected chi connectivity index (χ3v) is 5.99. The molecule has 0 spiro atoms. The number of benzene rings is 1. The second kappa shape index (κ2) is 8.74. The molecule has 1 saturated heterocycles. The van der Waals surface area contributed by atoms with Crippen molar-refractivity contribution in [2.24, 2.45) is 0 Å². The zero-order valence-electron chi connectivity index (χ0n) is 18.1. The molecule has 4 rings (SSSR count). The first-order valence-electron chi connectivity index (χ1n) is 10.8. The van der Waals surface area contributed by atoms with Crippen molar-refractivity contribution in [3.63, 3.8) is 0 Å². The number of nitrogens with zero attached hydrogens (tertiary/aromatic N) is 4. The summed E-state index contributed by atoms with van der Waals surface area (Å²) in [5, 5.41) is 4.83. The maximum absolute atomic E-state index is 13.0. The molecule has 1 unspecified atom stereocenters. The number of hydrogen-bond donors (Lipinski definition) is 0. The minimum Gasteiger partial charge on any atom is -0.378 e. The summed E-state index contributed by atoms with van der Waals surface area (Å²) < 4.78 is 1.89. The zero-order chi connectivity index (χ0) is 21.1. The average molecular weight is 403 g/mol. The van der Waals surface area contributed by atoms with Crippen molar-refractivity contribution in [1.29, 1.82) is 0 Å². The van der Waals surface area contributed by atoms with Gasteiger partial charge in [-0.3, -0.25) is 4.79 Å². The summed E-state index contributed by atoms with van der Waals surface area (Å²) in [5.41, 5.74) is 5.03. The fraction of sp³-hybridized carbons (Fsp3) is 0.360. The van der Waals surface area contributed by atoms with Crippen LogP contribution in [0, 0.1) is 0 Å². The third-order valence-electron chi connectivity index (χ3n) is 5.99. The number of hydrogen-bond acceptors (Lipinski definition) is 3. The van der Waals surface area contributed by atoms with Gasteiger partial charge in [-0.2, -0.15) is 5.10 Å². The molecule has 1 atom stereocenters. The molecule has 0 saturated carbocycles. The molecule has 1 amide bonds. The highest BCUT2D eigenvalue weighted by Crippen LogP contribution is 2.30. The van der Waals surface area contributed by atoms with Gasteiger partial charge in [-0.05, 0) is 56.0 Å². The van der Waals surface area contributed by atoms with Gasteiger partial charge in [-0.25, -0.2) is 4.52 Å². The van der Waals surface area contributed by atoms with Crippen molar-refractivity contribution in [3.8, 4) is 11.3 Å². The molecule has 1 aromatic carbocycles. The van der Waals surface area contributed by atoms with Crippen molar-refractivity contribution in [3.05, 3.63) is 60.3 Å². The van der Waals surface area contributed by atoms with Crippen molar-refractivity contribution in [2.45, 2.75) is 38.6 Å². The highest BCUT2D eigenvalue weighted by molar-refractivity contribution is 5.95. The Morgan fingerprint density at radius 3 is 2.87 bits per heavy atom. The van der Waals surface area contributed by atoms with Crippen LogP contribution in [0.5, 0.6) is 0 Å². The lowest BCUT2D eigenvalue weighted by Crippen LogP contribution is -2.42. The lowest BCUT2D eigenvalue weighted by atomic mass is 9.99. The fourth-order valence-corrected chi connectivity index (χ4v) is 4.29. The molecule has 0 bridgehead atoms. The van der Waals surface area contributed by atoms with E-state index in [-0.39, 0.29) is 5.91 Å². The van der Waals surface area contributed by atoms with Crippen LogP contribution in [-0.4, -0.2) is 47.1 Å². The van der Waals surface area contributed by atoms with Crippen LogP contribution in [0.25, 0.3) is 22.9 Å². The normalized spacial score (nSPS) is 17.0. The van der Waals surface area contributed by atoms with Gasteiger partial charge in [0.05, 0.1) is 5.52 Å². The maximum Gasteiger partial charge on any atom is 0.246 e. The van der Waals surface area contributed by atoms with E-state index in [2.05, 4.69) is 30.0 Å². The smallest absolute Gasteiger partial charge is 0.246 e. The fourth-order valence-electron chi connectivity index (χ4n) is 4.29. The summed E-state index contributed by atoms with van der Waals surface area (Å²) >= 11 is 0. The Bertz CT molecular complexity index is 1070. The van der Waals surface area contributed by atoms with Crippen LogP contribution in [0.15, 0.2) is 54.7 Å². The molecule has 1 fully saturated rings. The Hall–Kier alpha value is -3.08. The van der Waals surface area contributed by atoms with E-state index in [0.717, 1.165) is 53.8 Å². The second-order valence-corrected chi connectivity index (χ2v) is 8.16. The van der Waals surface area contributed by atoms with E-state index < -0.39 is 0 Å². The molecular weight excluding hydrogens is 372 g/mol. The van der Waals surface area contributed by atoms with Crippen LogP contribution in [0.3, 0.4) is 0 Å². The van der Waals surface area contributed by atoms with Gasteiger partial charge in [0.25, 0.3) is 0 Å². The highest BCUT2D eigenvalue weighted by atomic mass is 16.2. The Balaban J connectivity index is 1.73. The van der Waals surface area contributed by atoms with E-state index in [1.54, 1.807) is 6.08 Å². The molecule has 1 aliphatic rings. The van der Waals surface area contributed by atoms with Gasteiger partial charge in [-0.1, -0.05) is 25.1 Å². The summed E-state index contributed by atoms with van der Waals surface area (Å²) in [6, 6.07) is 14.7. The van der Waals surface area contributed by atoms with Gasteiger partial charge >= 0.3 is 0 Å². The van der Waals surface area contributed by atoms with Crippen LogP contribution < -0.4 is 4.90 Å². The number of amides is 1. The lowest BCUT2D eigenvalue weighted by Gasteiger charge is -2.34. The Morgan fingerprint density at radius 2 is 2.07 bits per heavy atom. The van der Waals surface area contributed by atoms with Gasteiger partial charge in [0, 0.05) is 55.8 Å². The first kappa shape index (κ1) is 20.2. The summed E-state index contributed by atoms with van der Waals surface area (Å²) in [6.45, 7) is 3.02. The number of fused-ring (bicyclic) bond motifs is 1. The van der Waals surface area contributed by atoms with Crippen LogP contribution >= 0.6 is 0 Å². The van der Waals surface area contributed by atoms with Gasteiger partial charge in [-0.15, -0.1) is 0 Å². The van der Waals surface area contributed by atoms with Crippen molar-refractivity contribution in [2.75, 3.05) is 25.5 Å². The summed E-state index contributed by atoms with van der Waals surface area (Å²) in [4.78, 5) is 17.1. The molecule has 5 heteroatoms. The second-order valence-electron chi connectivity index (χ2n) is 8.16. The van der Waals surface area contributed by atoms with Crippen LogP contribution in [-0.2, 0) is 4.79 Å². The zero-order valence-corrected chi connectivity index (χ0v) is 18.1. The van der Waals surface area contributed by atoms with E-state index in [1.807, 2.05) is 60.0 Å². The van der Waals surface area contributed by atoms with Gasteiger partial charge < -0.3 is 9.80 Å². The van der Waals surface area contributed by atoms with E-state index in [1.165, 1.54) is 6.42 Å². The quantitative estimate of drug-likeness (QED) is 0.572. The Labute approximate surface area is 178 Å². The molecule has 2 aromatic heterocycles. The third kappa shape index (κ3) is 3.97. The summed E-state index contributed by atoms with van der Waals surface area (Å²) in [7, 11) is 4.07. The number of pyridine rings is 1. The van der Waals surface area contributed by atoms with Crippen molar-refractivity contribution >= 4 is 23.2 Å². The predicted molar refractivity (Wildman–Crippen MR) is 124 cm³/mol. The molecule has 0 aliphatic carbocycles.